The molecule has 1 heterocycles. The van der Waals surface area contributed by atoms with E-state index in [1.165, 1.54) is 18.2 Å². The Balaban J connectivity index is 2.25. The molecule has 0 radical (unpaired) electrons. The van der Waals surface area contributed by atoms with Gasteiger partial charge in [-0.2, -0.15) is 5.10 Å². The van der Waals surface area contributed by atoms with Crippen molar-refractivity contribution in [2.45, 2.75) is 12.5 Å². The Morgan fingerprint density at radius 1 is 1.44 bits per heavy atom. The molecule has 18 heavy (non-hydrogen) atoms. The van der Waals surface area contributed by atoms with E-state index in [4.69, 9.17) is 11.6 Å². The molecule has 1 aromatic carbocycles. The summed E-state index contributed by atoms with van der Waals surface area (Å²) in [6.07, 6.45) is 2.39. The van der Waals surface area contributed by atoms with Gasteiger partial charge in [0.25, 0.3) is 0 Å². The molecule has 1 unspecified atom stereocenters. The van der Waals surface area contributed by atoms with E-state index in [1.807, 2.05) is 19.3 Å². The minimum Gasteiger partial charge on any atom is -0.398 e. The van der Waals surface area contributed by atoms with Crippen LogP contribution in [0.4, 0.5) is 10.1 Å². The highest BCUT2D eigenvalue weighted by Gasteiger charge is 2.15. The number of hydrazine groups is 1. The maximum Gasteiger partial charge on any atom is 0.123 e. The van der Waals surface area contributed by atoms with E-state index in [1.54, 1.807) is 4.68 Å². The average molecular weight is 249 g/mol. The molecule has 0 aliphatic rings. The van der Waals surface area contributed by atoms with Gasteiger partial charge in [-0.15, -0.1) is 0 Å². The lowest BCUT2D eigenvalue weighted by molar-refractivity contribution is 0.536. The van der Waals surface area contributed by atoms with Gasteiger partial charge in [0.15, 0.2) is 0 Å². The Hall–Kier alpha value is -1.92. The van der Waals surface area contributed by atoms with Crippen molar-refractivity contribution >= 4 is 5.69 Å². The van der Waals surface area contributed by atoms with Crippen molar-refractivity contribution in [3.63, 3.8) is 0 Å². The molecule has 96 valence electrons. The summed E-state index contributed by atoms with van der Waals surface area (Å²) in [6, 6.07) is 5.87. The summed E-state index contributed by atoms with van der Waals surface area (Å²) < 4.78 is 14.9. The van der Waals surface area contributed by atoms with Crippen molar-refractivity contribution in [3.8, 4) is 0 Å². The zero-order chi connectivity index (χ0) is 13.1. The number of hydrogen-bond acceptors (Lipinski definition) is 4. The second-order valence-electron chi connectivity index (χ2n) is 4.18. The van der Waals surface area contributed by atoms with E-state index >= 15 is 0 Å². The van der Waals surface area contributed by atoms with Crippen LogP contribution >= 0.6 is 0 Å². The first-order valence-electron chi connectivity index (χ1n) is 5.59. The molecule has 0 amide bonds. The molecule has 0 fully saturated rings. The van der Waals surface area contributed by atoms with Gasteiger partial charge in [0.1, 0.15) is 5.82 Å². The first kappa shape index (κ1) is 12.5. The monoisotopic (exact) mass is 249 g/mol. The smallest absolute Gasteiger partial charge is 0.123 e. The van der Waals surface area contributed by atoms with Crippen molar-refractivity contribution in [2.24, 2.45) is 12.9 Å². The Morgan fingerprint density at radius 2 is 2.22 bits per heavy atom. The maximum atomic E-state index is 13.2. The Bertz CT molecular complexity index is 537. The van der Waals surface area contributed by atoms with Crippen LogP contribution in [-0.2, 0) is 13.5 Å². The second kappa shape index (κ2) is 5.16. The van der Waals surface area contributed by atoms with Gasteiger partial charge in [0, 0.05) is 25.4 Å². The lowest BCUT2D eigenvalue weighted by Crippen LogP contribution is -2.30. The van der Waals surface area contributed by atoms with Gasteiger partial charge in [0.2, 0.25) is 0 Å². The maximum absolute atomic E-state index is 13.2. The number of nitrogens with one attached hydrogen (secondary N) is 1. The number of benzene rings is 1. The lowest BCUT2D eigenvalue weighted by atomic mass is 10.0. The zero-order valence-corrected chi connectivity index (χ0v) is 10.1. The molecule has 0 aliphatic carbocycles. The predicted octanol–water partition coefficient (Wildman–Crippen LogP) is 0.889. The normalized spacial score (nSPS) is 12.6. The number of hydrogen-bond donors (Lipinski definition) is 3. The number of nitrogen functional groups attached to an aromatic ring is 1. The highest BCUT2D eigenvalue weighted by Crippen LogP contribution is 2.23. The average Bonchev–Trinajstić information content (AvgIpc) is 2.75. The van der Waals surface area contributed by atoms with Crippen LogP contribution in [0.25, 0.3) is 0 Å². The third-order valence-corrected chi connectivity index (χ3v) is 2.81. The zero-order valence-electron chi connectivity index (χ0n) is 10.1. The molecule has 0 spiro atoms. The summed E-state index contributed by atoms with van der Waals surface area (Å²) in [4.78, 5) is 0. The molecule has 0 saturated carbocycles. The second-order valence-corrected chi connectivity index (χ2v) is 4.18. The molecule has 6 heteroatoms. The SMILES string of the molecule is Cn1ccc(CC(NN)c2cc(F)ccc2N)n1. The third-order valence-electron chi connectivity index (χ3n) is 2.81. The largest absolute Gasteiger partial charge is 0.398 e. The summed E-state index contributed by atoms with van der Waals surface area (Å²) in [5.74, 6) is 5.18. The van der Waals surface area contributed by atoms with Gasteiger partial charge >= 0.3 is 0 Å². The van der Waals surface area contributed by atoms with Crippen LogP contribution in [0.3, 0.4) is 0 Å². The van der Waals surface area contributed by atoms with E-state index in [0.717, 1.165) is 5.69 Å². The number of halogens is 1. The molecule has 1 atom stereocenters. The lowest BCUT2D eigenvalue weighted by Gasteiger charge is -2.17. The summed E-state index contributed by atoms with van der Waals surface area (Å²) in [5, 5.41) is 4.26. The van der Waals surface area contributed by atoms with Crippen LogP contribution < -0.4 is 17.0 Å². The van der Waals surface area contributed by atoms with Gasteiger partial charge < -0.3 is 5.73 Å². The molecule has 0 aliphatic heterocycles. The van der Waals surface area contributed by atoms with Crippen LogP contribution in [0, 0.1) is 5.82 Å². The van der Waals surface area contributed by atoms with Crippen LogP contribution in [0.15, 0.2) is 30.5 Å². The van der Waals surface area contributed by atoms with Gasteiger partial charge in [-0.1, -0.05) is 0 Å². The molecule has 2 aromatic rings. The summed E-state index contributed by atoms with van der Waals surface area (Å²) in [6.45, 7) is 0. The fraction of sp³-hybridized carbons (Fsp3) is 0.250. The van der Waals surface area contributed by atoms with Crippen molar-refractivity contribution in [2.75, 3.05) is 5.73 Å². The quantitative estimate of drug-likeness (QED) is 0.427. The van der Waals surface area contributed by atoms with Crippen molar-refractivity contribution in [1.82, 2.24) is 15.2 Å². The summed E-state index contributed by atoms with van der Waals surface area (Å²) in [7, 11) is 1.84. The van der Waals surface area contributed by atoms with Crippen LogP contribution in [0.5, 0.6) is 0 Å². The van der Waals surface area contributed by atoms with E-state index in [-0.39, 0.29) is 11.9 Å². The van der Waals surface area contributed by atoms with Crippen LogP contribution in [0.2, 0.25) is 0 Å². The molecule has 0 bridgehead atoms. The van der Waals surface area contributed by atoms with Gasteiger partial charge in [-0.05, 0) is 29.8 Å². The van der Waals surface area contributed by atoms with Crippen molar-refractivity contribution in [1.29, 1.82) is 0 Å². The molecular formula is C12H16FN5. The fourth-order valence-electron chi connectivity index (χ4n) is 1.89. The number of nitrogens with zero attached hydrogens (tertiary/aromatic N) is 2. The van der Waals surface area contributed by atoms with E-state index in [9.17, 15) is 4.39 Å². The summed E-state index contributed by atoms with van der Waals surface area (Å²) >= 11 is 0. The molecule has 5 nitrogen and oxygen atoms in total. The Labute approximate surface area is 105 Å². The van der Waals surface area contributed by atoms with Crippen LogP contribution in [0.1, 0.15) is 17.3 Å². The molecule has 1 aromatic heterocycles. The van der Waals surface area contributed by atoms with E-state index in [2.05, 4.69) is 10.5 Å². The number of nitrogens with two attached hydrogens (primary N) is 2. The standard InChI is InChI=1S/C12H16FN5/c1-18-5-4-9(17-18)7-12(16-15)10-6-8(13)2-3-11(10)14/h2-6,12,16H,7,14-15H2,1H3. The molecule has 2 rings (SSSR count). The molecule has 0 saturated heterocycles. The van der Waals surface area contributed by atoms with Crippen molar-refractivity contribution < 1.29 is 4.39 Å². The van der Waals surface area contributed by atoms with Gasteiger partial charge in [0.05, 0.1) is 11.7 Å². The van der Waals surface area contributed by atoms with Crippen molar-refractivity contribution in [3.05, 3.63) is 47.5 Å². The number of rotatable bonds is 4. The highest BCUT2D eigenvalue weighted by molar-refractivity contribution is 5.48. The Kier molecular flexibility index (Phi) is 3.59. The van der Waals surface area contributed by atoms with E-state index < -0.39 is 0 Å². The first-order valence-corrected chi connectivity index (χ1v) is 5.59. The van der Waals surface area contributed by atoms with E-state index in [0.29, 0.717) is 17.7 Å². The fourth-order valence-corrected chi connectivity index (χ4v) is 1.89. The first-order chi connectivity index (χ1) is 8.60. The van der Waals surface area contributed by atoms with Gasteiger partial charge in [-0.25, -0.2) is 4.39 Å². The predicted molar refractivity (Wildman–Crippen MR) is 67.8 cm³/mol. The van der Waals surface area contributed by atoms with Gasteiger partial charge in [-0.3, -0.25) is 16.0 Å². The topological polar surface area (TPSA) is 81.9 Å². The molecular weight excluding hydrogens is 233 g/mol. The minimum atomic E-state index is -0.333. The number of aromatic nitrogens is 2. The molecule has 5 N–H and O–H groups in total. The summed E-state index contributed by atoms with van der Waals surface area (Å²) in [5.41, 5.74) is 10.5. The third kappa shape index (κ3) is 2.66. The number of anilines is 1. The highest BCUT2D eigenvalue weighted by atomic mass is 19.1. The minimum absolute atomic E-state index is 0.268. The van der Waals surface area contributed by atoms with Crippen LogP contribution in [-0.4, -0.2) is 9.78 Å². The Morgan fingerprint density at radius 3 is 2.83 bits per heavy atom. The number of aryl methyl sites for hydroxylation is 1.